The summed E-state index contributed by atoms with van der Waals surface area (Å²) in [5.74, 6) is 0.253. The van der Waals surface area contributed by atoms with Crippen molar-refractivity contribution in [2.75, 3.05) is 18.8 Å². The van der Waals surface area contributed by atoms with Crippen LogP contribution in [0.4, 0.5) is 5.69 Å². The summed E-state index contributed by atoms with van der Waals surface area (Å²) in [6.45, 7) is 4.45. The molecule has 3 N–H and O–H groups in total. The molecule has 5 nitrogen and oxygen atoms in total. The number of nitrogen functional groups attached to an aromatic ring is 1. The summed E-state index contributed by atoms with van der Waals surface area (Å²) in [7, 11) is 0. The Morgan fingerprint density at radius 2 is 1.71 bits per heavy atom. The number of hydrogen-bond donors (Lipinski definition) is 2. The van der Waals surface area contributed by atoms with Crippen LogP contribution in [0.15, 0.2) is 72.8 Å². The van der Waals surface area contributed by atoms with Crippen LogP contribution in [0.3, 0.4) is 0 Å². The number of amides is 1. The standard InChI is InChI=1S/C27H30ClN3O2.ClH/c1-19(21-10-6-3-7-11-21)31-14-12-22(13-15-31)30-27(32)23-16-24(28)25(29)17-26(23)33-18-20-8-4-2-5-9-20;/h2-11,16-17,19,22H,12-15,18,29H2,1H3,(H,30,32);1H. The highest BCUT2D eigenvalue weighted by molar-refractivity contribution is 6.33. The molecule has 4 rings (SSSR count). The van der Waals surface area contributed by atoms with Gasteiger partial charge in [-0.25, -0.2) is 0 Å². The SMILES string of the molecule is CC(c1ccccc1)N1CCC(NC(=O)c2cc(Cl)c(N)cc2OCc2ccccc2)CC1.Cl. The maximum atomic E-state index is 13.1. The zero-order chi connectivity index (χ0) is 23.2. The number of rotatable bonds is 7. The molecular formula is C27H31Cl2N3O2. The normalized spacial score (nSPS) is 15.2. The van der Waals surface area contributed by atoms with Crippen molar-refractivity contribution in [1.82, 2.24) is 10.2 Å². The Kier molecular flexibility index (Phi) is 9.22. The predicted octanol–water partition coefficient (Wildman–Crippen LogP) is 5.88. The Balaban J connectivity index is 0.00000324. The van der Waals surface area contributed by atoms with Crippen LogP contribution in [-0.4, -0.2) is 29.9 Å². The molecule has 1 fully saturated rings. The lowest BCUT2D eigenvalue weighted by Crippen LogP contribution is -2.45. The number of nitrogens with one attached hydrogen (secondary N) is 1. The number of hydrogen-bond acceptors (Lipinski definition) is 4. The van der Waals surface area contributed by atoms with E-state index in [1.54, 1.807) is 12.1 Å². The van der Waals surface area contributed by atoms with Crippen molar-refractivity contribution in [1.29, 1.82) is 0 Å². The highest BCUT2D eigenvalue weighted by Crippen LogP contribution is 2.30. The quantitative estimate of drug-likeness (QED) is 0.398. The zero-order valence-corrected chi connectivity index (χ0v) is 20.8. The zero-order valence-electron chi connectivity index (χ0n) is 19.2. The van der Waals surface area contributed by atoms with E-state index in [1.165, 1.54) is 5.56 Å². The molecule has 1 aliphatic heterocycles. The number of benzene rings is 3. The first-order chi connectivity index (χ1) is 16.0. The van der Waals surface area contributed by atoms with E-state index < -0.39 is 0 Å². The minimum Gasteiger partial charge on any atom is -0.488 e. The molecule has 34 heavy (non-hydrogen) atoms. The van der Waals surface area contributed by atoms with Crippen LogP contribution < -0.4 is 15.8 Å². The van der Waals surface area contributed by atoms with Gasteiger partial charge in [0, 0.05) is 31.2 Å². The van der Waals surface area contributed by atoms with Crippen LogP contribution in [0.5, 0.6) is 5.75 Å². The van der Waals surface area contributed by atoms with E-state index in [9.17, 15) is 4.79 Å². The molecule has 1 aliphatic rings. The molecule has 0 aliphatic carbocycles. The summed E-state index contributed by atoms with van der Waals surface area (Å²) in [4.78, 5) is 15.6. The van der Waals surface area contributed by atoms with Gasteiger partial charge in [0.1, 0.15) is 12.4 Å². The largest absolute Gasteiger partial charge is 0.488 e. The Hall–Kier alpha value is -2.73. The third-order valence-electron chi connectivity index (χ3n) is 6.28. The third-order valence-corrected chi connectivity index (χ3v) is 6.60. The van der Waals surface area contributed by atoms with Gasteiger partial charge in [-0.1, -0.05) is 72.3 Å². The number of nitrogens with zero attached hydrogens (tertiary/aromatic N) is 1. The molecule has 1 amide bonds. The Morgan fingerprint density at radius 3 is 2.35 bits per heavy atom. The lowest BCUT2D eigenvalue weighted by molar-refractivity contribution is 0.0891. The average molecular weight is 500 g/mol. The molecule has 0 spiro atoms. The monoisotopic (exact) mass is 499 g/mol. The molecule has 0 bridgehead atoms. The average Bonchev–Trinajstić information content (AvgIpc) is 2.85. The first-order valence-electron chi connectivity index (χ1n) is 11.4. The van der Waals surface area contributed by atoms with Gasteiger partial charge in [-0.05, 0) is 37.0 Å². The van der Waals surface area contributed by atoms with Gasteiger partial charge < -0.3 is 15.8 Å². The minimum absolute atomic E-state index is 0. The van der Waals surface area contributed by atoms with Gasteiger partial charge in [-0.3, -0.25) is 9.69 Å². The summed E-state index contributed by atoms with van der Waals surface area (Å²) in [5.41, 5.74) is 9.11. The van der Waals surface area contributed by atoms with Crippen LogP contribution in [0, 0.1) is 0 Å². The molecule has 1 atom stereocenters. The third kappa shape index (κ3) is 6.44. The van der Waals surface area contributed by atoms with E-state index in [-0.39, 0.29) is 24.4 Å². The number of nitrogens with two attached hydrogens (primary N) is 1. The van der Waals surface area contributed by atoms with Crippen molar-refractivity contribution >= 4 is 35.6 Å². The van der Waals surface area contributed by atoms with Gasteiger partial charge in [0.2, 0.25) is 0 Å². The second-order valence-corrected chi connectivity index (χ2v) is 8.92. The maximum absolute atomic E-state index is 13.1. The summed E-state index contributed by atoms with van der Waals surface area (Å²) in [5, 5.41) is 3.52. The van der Waals surface area contributed by atoms with Crippen molar-refractivity contribution in [3.8, 4) is 5.75 Å². The first kappa shape index (κ1) is 25.9. The number of halogens is 2. The fourth-order valence-electron chi connectivity index (χ4n) is 4.24. The molecule has 3 aromatic rings. The molecule has 1 unspecified atom stereocenters. The van der Waals surface area contributed by atoms with E-state index in [1.807, 2.05) is 36.4 Å². The number of piperidine rings is 1. The molecule has 1 saturated heterocycles. The Labute approximate surface area is 212 Å². The van der Waals surface area contributed by atoms with E-state index in [4.69, 9.17) is 22.1 Å². The van der Waals surface area contributed by atoms with Crippen LogP contribution in [0.2, 0.25) is 5.02 Å². The molecule has 7 heteroatoms. The molecule has 1 heterocycles. The number of likely N-dealkylation sites (tertiary alicyclic amines) is 1. The fourth-order valence-corrected chi connectivity index (χ4v) is 4.40. The van der Waals surface area contributed by atoms with Crippen LogP contribution >= 0.6 is 24.0 Å². The molecule has 180 valence electrons. The van der Waals surface area contributed by atoms with Crippen molar-refractivity contribution < 1.29 is 9.53 Å². The van der Waals surface area contributed by atoms with Crippen molar-refractivity contribution in [3.05, 3.63) is 94.5 Å². The van der Waals surface area contributed by atoms with Crippen LogP contribution in [0.1, 0.15) is 47.3 Å². The van der Waals surface area contributed by atoms with Crippen molar-refractivity contribution in [3.63, 3.8) is 0 Å². The molecule has 3 aromatic carbocycles. The second-order valence-electron chi connectivity index (χ2n) is 8.51. The van der Waals surface area contributed by atoms with Gasteiger partial charge >= 0.3 is 0 Å². The number of anilines is 1. The van der Waals surface area contributed by atoms with Gasteiger partial charge in [0.25, 0.3) is 5.91 Å². The predicted molar refractivity (Wildman–Crippen MR) is 141 cm³/mol. The van der Waals surface area contributed by atoms with Gasteiger partial charge in [-0.15, -0.1) is 12.4 Å². The van der Waals surface area contributed by atoms with Gasteiger partial charge in [0.05, 0.1) is 16.3 Å². The van der Waals surface area contributed by atoms with Crippen LogP contribution in [0.25, 0.3) is 0 Å². The summed E-state index contributed by atoms with van der Waals surface area (Å²) in [6.07, 6.45) is 1.79. The van der Waals surface area contributed by atoms with Crippen LogP contribution in [-0.2, 0) is 6.61 Å². The van der Waals surface area contributed by atoms with E-state index >= 15 is 0 Å². The lowest BCUT2D eigenvalue weighted by Gasteiger charge is -2.36. The first-order valence-corrected chi connectivity index (χ1v) is 11.7. The van der Waals surface area contributed by atoms with E-state index in [0.717, 1.165) is 31.5 Å². The molecule has 0 aromatic heterocycles. The molecule has 0 saturated carbocycles. The van der Waals surface area contributed by atoms with E-state index in [0.29, 0.717) is 34.7 Å². The van der Waals surface area contributed by atoms with E-state index in [2.05, 4.69) is 41.4 Å². The smallest absolute Gasteiger partial charge is 0.255 e. The lowest BCUT2D eigenvalue weighted by atomic mass is 10.00. The highest BCUT2D eigenvalue weighted by Gasteiger charge is 2.26. The Morgan fingerprint density at radius 1 is 1.09 bits per heavy atom. The summed E-state index contributed by atoms with van der Waals surface area (Å²) >= 11 is 6.23. The second kappa shape index (κ2) is 12.1. The number of carbonyl (C=O) groups excluding carboxylic acids is 1. The molecular weight excluding hydrogens is 469 g/mol. The van der Waals surface area contributed by atoms with Gasteiger partial charge in [0.15, 0.2) is 0 Å². The minimum atomic E-state index is -0.186. The number of ether oxygens (including phenoxy) is 1. The van der Waals surface area contributed by atoms with Crippen molar-refractivity contribution in [2.45, 2.75) is 38.5 Å². The maximum Gasteiger partial charge on any atom is 0.255 e. The topological polar surface area (TPSA) is 67.6 Å². The molecule has 0 radical (unpaired) electrons. The Bertz CT molecular complexity index is 1070. The highest BCUT2D eigenvalue weighted by atomic mass is 35.5. The fraction of sp³-hybridized carbons (Fsp3) is 0.296. The van der Waals surface area contributed by atoms with Crippen molar-refractivity contribution in [2.24, 2.45) is 0 Å². The van der Waals surface area contributed by atoms with Gasteiger partial charge in [-0.2, -0.15) is 0 Å². The summed E-state index contributed by atoms with van der Waals surface area (Å²) < 4.78 is 5.96. The number of carbonyl (C=O) groups is 1. The summed E-state index contributed by atoms with van der Waals surface area (Å²) in [6, 6.07) is 24.0.